The molecule has 0 saturated heterocycles. The molecule has 2 aromatic rings. The predicted molar refractivity (Wildman–Crippen MR) is 102 cm³/mol. The van der Waals surface area contributed by atoms with Crippen LogP contribution in [0, 0.1) is 0 Å². The van der Waals surface area contributed by atoms with Gasteiger partial charge in [-0.2, -0.15) is 0 Å². The summed E-state index contributed by atoms with van der Waals surface area (Å²) in [7, 11) is -1.22. The molecule has 0 unspecified atom stereocenters. The van der Waals surface area contributed by atoms with Gasteiger partial charge in [0.25, 0.3) is 5.91 Å². The second-order valence-corrected chi connectivity index (χ2v) is 8.01. The molecule has 0 aliphatic carbocycles. The van der Waals surface area contributed by atoms with Crippen molar-refractivity contribution in [3.05, 3.63) is 54.6 Å². The summed E-state index contributed by atoms with van der Waals surface area (Å²) < 4.78 is 28.1. The molecule has 0 aliphatic heterocycles. The first-order valence-corrected chi connectivity index (χ1v) is 10.2. The highest BCUT2D eigenvalue weighted by Crippen LogP contribution is 2.15. The number of hydrogen-bond acceptors (Lipinski definition) is 5. The Morgan fingerprint density at radius 1 is 1.08 bits per heavy atom. The van der Waals surface area contributed by atoms with Gasteiger partial charge in [-0.1, -0.05) is 18.2 Å². The highest BCUT2D eigenvalue weighted by Gasteiger charge is 2.07. The minimum absolute atomic E-state index is 0.104. The van der Waals surface area contributed by atoms with Crippen molar-refractivity contribution in [3.63, 3.8) is 0 Å². The molecule has 0 saturated carbocycles. The quantitative estimate of drug-likeness (QED) is 0.679. The lowest BCUT2D eigenvalue weighted by atomic mass is 10.3. The molecule has 0 atom stereocenters. The lowest BCUT2D eigenvalue weighted by molar-refractivity contribution is -0.123. The van der Waals surface area contributed by atoms with Gasteiger partial charge in [-0.15, -0.1) is 0 Å². The first-order chi connectivity index (χ1) is 12.4. The number of amides is 1. The Hall–Kier alpha value is -2.54. The van der Waals surface area contributed by atoms with Crippen LogP contribution in [0.25, 0.3) is 0 Å². The van der Waals surface area contributed by atoms with Gasteiger partial charge in [-0.25, -0.2) is 8.42 Å². The third-order valence-corrected chi connectivity index (χ3v) is 4.94. The van der Waals surface area contributed by atoms with E-state index in [0.29, 0.717) is 12.3 Å². The maximum atomic E-state index is 11.8. The van der Waals surface area contributed by atoms with Crippen molar-refractivity contribution in [3.8, 4) is 5.75 Å². The van der Waals surface area contributed by atoms with Crippen molar-refractivity contribution in [2.24, 2.45) is 0 Å². The number of rotatable bonds is 9. The molecule has 7 heteroatoms. The molecule has 0 bridgehead atoms. The van der Waals surface area contributed by atoms with E-state index in [1.807, 2.05) is 37.4 Å². The lowest BCUT2D eigenvalue weighted by Crippen LogP contribution is -2.31. The van der Waals surface area contributed by atoms with Gasteiger partial charge in [-0.05, 0) is 42.8 Å². The fourth-order valence-corrected chi connectivity index (χ4v) is 2.97. The molecule has 140 valence electrons. The Morgan fingerprint density at radius 3 is 2.35 bits per heavy atom. The van der Waals surface area contributed by atoms with Crippen LogP contribution < -0.4 is 15.0 Å². The van der Waals surface area contributed by atoms with Crippen LogP contribution in [0.15, 0.2) is 59.5 Å². The molecule has 6 nitrogen and oxygen atoms in total. The van der Waals surface area contributed by atoms with E-state index in [1.165, 1.54) is 12.1 Å². The topological polar surface area (TPSA) is 75.7 Å². The smallest absolute Gasteiger partial charge is 0.257 e. The van der Waals surface area contributed by atoms with Gasteiger partial charge >= 0.3 is 0 Å². The number of carbonyl (C=O) groups excluding carboxylic acids is 1. The molecule has 2 rings (SSSR count). The van der Waals surface area contributed by atoms with Crippen LogP contribution in [0.4, 0.5) is 5.69 Å². The van der Waals surface area contributed by atoms with E-state index < -0.39 is 9.84 Å². The molecule has 26 heavy (non-hydrogen) atoms. The highest BCUT2D eigenvalue weighted by molar-refractivity contribution is 7.90. The van der Waals surface area contributed by atoms with Crippen molar-refractivity contribution in [2.75, 3.05) is 37.9 Å². The molecular weight excluding hydrogens is 352 g/mol. The molecule has 0 fully saturated rings. The zero-order chi connectivity index (χ0) is 19.0. The SMILES string of the molecule is CN(CCCNC(=O)COc1ccc(S(C)(=O)=O)cc1)c1ccccc1. The Bertz CT molecular complexity index is 805. The van der Waals surface area contributed by atoms with Crippen LogP contribution >= 0.6 is 0 Å². The Kier molecular flexibility index (Phi) is 7.03. The molecule has 0 heterocycles. The van der Waals surface area contributed by atoms with Crippen LogP contribution in [-0.4, -0.2) is 47.3 Å². The number of nitrogens with zero attached hydrogens (tertiary/aromatic N) is 1. The first-order valence-electron chi connectivity index (χ1n) is 8.32. The third kappa shape index (κ3) is 6.40. The second-order valence-electron chi connectivity index (χ2n) is 5.99. The monoisotopic (exact) mass is 376 g/mol. The van der Waals surface area contributed by atoms with Gasteiger partial charge < -0.3 is 15.0 Å². The average molecular weight is 376 g/mol. The zero-order valence-corrected chi connectivity index (χ0v) is 15.8. The summed E-state index contributed by atoms with van der Waals surface area (Å²) in [5.74, 6) is 0.246. The van der Waals surface area contributed by atoms with Gasteiger partial charge in [0.2, 0.25) is 0 Å². The zero-order valence-electron chi connectivity index (χ0n) is 15.0. The van der Waals surface area contributed by atoms with Gasteiger partial charge in [0.15, 0.2) is 16.4 Å². The summed E-state index contributed by atoms with van der Waals surface area (Å²) >= 11 is 0. The summed E-state index contributed by atoms with van der Waals surface area (Å²) in [5, 5.41) is 2.81. The number of para-hydroxylation sites is 1. The highest BCUT2D eigenvalue weighted by atomic mass is 32.2. The minimum atomic E-state index is -3.23. The minimum Gasteiger partial charge on any atom is -0.484 e. The standard InChI is InChI=1S/C19H24N2O4S/c1-21(16-7-4-3-5-8-16)14-6-13-20-19(22)15-25-17-9-11-18(12-10-17)26(2,23)24/h3-5,7-12H,6,13-15H2,1-2H3,(H,20,22). The number of benzene rings is 2. The normalized spacial score (nSPS) is 11.0. The van der Waals surface area contributed by atoms with E-state index in [2.05, 4.69) is 10.2 Å². The number of hydrogen-bond donors (Lipinski definition) is 1. The maximum absolute atomic E-state index is 11.8. The number of ether oxygens (including phenoxy) is 1. The van der Waals surface area contributed by atoms with E-state index in [4.69, 9.17) is 4.74 Å². The van der Waals surface area contributed by atoms with Crippen molar-refractivity contribution < 1.29 is 17.9 Å². The lowest BCUT2D eigenvalue weighted by Gasteiger charge is -2.19. The van der Waals surface area contributed by atoms with Crippen LogP contribution in [0.1, 0.15) is 6.42 Å². The third-order valence-electron chi connectivity index (χ3n) is 3.81. The summed E-state index contributed by atoms with van der Waals surface area (Å²) in [5.41, 5.74) is 1.14. The number of sulfone groups is 1. The summed E-state index contributed by atoms with van der Waals surface area (Å²) in [6.07, 6.45) is 1.96. The summed E-state index contributed by atoms with van der Waals surface area (Å²) in [4.78, 5) is 14.2. The largest absolute Gasteiger partial charge is 0.484 e. The molecule has 0 radical (unpaired) electrons. The van der Waals surface area contributed by atoms with Crippen LogP contribution in [0.5, 0.6) is 5.75 Å². The van der Waals surface area contributed by atoms with Crippen molar-refractivity contribution in [2.45, 2.75) is 11.3 Å². The van der Waals surface area contributed by atoms with E-state index in [9.17, 15) is 13.2 Å². The first kappa shape index (κ1) is 19.8. The fourth-order valence-electron chi connectivity index (χ4n) is 2.34. The molecule has 2 aromatic carbocycles. The van der Waals surface area contributed by atoms with Crippen molar-refractivity contribution >= 4 is 21.4 Å². The van der Waals surface area contributed by atoms with Crippen molar-refractivity contribution in [1.29, 1.82) is 0 Å². The predicted octanol–water partition coefficient (Wildman–Crippen LogP) is 2.11. The number of nitrogens with one attached hydrogen (secondary N) is 1. The van der Waals surface area contributed by atoms with E-state index in [0.717, 1.165) is 24.9 Å². The maximum Gasteiger partial charge on any atom is 0.257 e. The molecule has 0 spiro atoms. The molecule has 0 aromatic heterocycles. The molecule has 1 amide bonds. The second kappa shape index (κ2) is 9.24. The molecular formula is C19H24N2O4S. The summed E-state index contributed by atoms with van der Waals surface area (Å²) in [6, 6.07) is 16.1. The number of carbonyl (C=O) groups is 1. The van der Waals surface area contributed by atoms with Crippen LogP contribution in [-0.2, 0) is 14.6 Å². The fraction of sp³-hybridized carbons (Fsp3) is 0.316. The summed E-state index contributed by atoms with van der Waals surface area (Å²) in [6.45, 7) is 1.29. The Labute approximate surface area is 154 Å². The van der Waals surface area contributed by atoms with Gasteiger partial charge in [0.05, 0.1) is 4.90 Å². The van der Waals surface area contributed by atoms with Gasteiger partial charge in [-0.3, -0.25) is 4.79 Å². The Morgan fingerprint density at radius 2 is 1.73 bits per heavy atom. The van der Waals surface area contributed by atoms with E-state index in [-0.39, 0.29) is 17.4 Å². The van der Waals surface area contributed by atoms with E-state index >= 15 is 0 Å². The van der Waals surface area contributed by atoms with Crippen molar-refractivity contribution in [1.82, 2.24) is 5.32 Å². The average Bonchev–Trinajstić information content (AvgIpc) is 2.63. The number of anilines is 1. The molecule has 1 N–H and O–H groups in total. The van der Waals surface area contributed by atoms with E-state index in [1.54, 1.807) is 12.1 Å². The van der Waals surface area contributed by atoms with Gasteiger partial charge in [0, 0.05) is 32.1 Å². The van der Waals surface area contributed by atoms with Crippen LogP contribution in [0.2, 0.25) is 0 Å². The Balaban J connectivity index is 1.66. The van der Waals surface area contributed by atoms with Gasteiger partial charge in [0.1, 0.15) is 5.75 Å². The van der Waals surface area contributed by atoms with Crippen LogP contribution in [0.3, 0.4) is 0 Å². The molecule has 0 aliphatic rings.